The van der Waals surface area contributed by atoms with E-state index in [0.29, 0.717) is 17.8 Å². The summed E-state index contributed by atoms with van der Waals surface area (Å²) < 4.78 is 0. The molecule has 2 amide bonds. The standard InChI is InChI=1S/C30H36N2O2S/c1-21-10-11-22(2)25(18-21)20-32-26-8-4-5-9-27(26)35-28(30(32)34)19-23-12-14-24(15-13-23)29(33)31-16-6-3-7-17-31/h10-15,18-19,26-27H,3-9,16-17,20H2,1-2H3/b28-19-. The number of carbonyl (C=O) groups excluding carboxylic acids is 2. The molecule has 2 aromatic rings. The second kappa shape index (κ2) is 10.6. The van der Waals surface area contributed by atoms with E-state index in [4.69, 9.17) is 0 Å². The second-order valence-corrected chi connectivity index (χ2v) is 11.6. The number of piperidine rings is 1. The van der Waals surface area contributed by atoms with Crippen LogP contribution in [-0.2, 0) is 11.3 Å². The molecular weight excluding hydrogens is 452 g/mol. The molecule has 5 heteroatoms. The number of carbonyl (C=O) groups is 2. The molecule has 1 aliphatic carbocycles. The summed E-state index contributed by atoms with van der Waals surface area (Å²) in [5.74, 6) is 0.268. The number of likely N-dealkylation sites (tertiary alicyclic amines) is 1. The normalized spacial score (nSPS) is 23.9. The fourth-order valence-corrected chi connectivity index (χ4v) is 7.14. The van der Waals surface area contributed by atoms with Crippen molar-refractivity contribution in [2.75, 3.05) is 13.1 Å². The summed E-state index contributed by atoms with van der Waals surface area (Å²) in [7, 11) is 0. The number of benzene rings is 2. The maximum Gasteiger partial charge on any atom is 0.260 e. The van der Waals surface area contributed by atoms with Crippen molar-refractivity contribution in [2.24, 2.45) is 0 Å². The SMILES string of the molecule is Cc1ccc(C)c(CN2C(=O)/C(=C/c3ccc(C(=O)N4CCCCC4)cc3)SC3CCCCC32)c1. The van der Waals surface area contributed by atoms with Gasteiger partial charge >= 0.3 is 0 Å². The van der Waals surface area contributed by atoms with Gasteiger partial charge < -0.3 is 9.80 Å². The molecule has 5 rings (SSSR count). The molecule has 0 N–H and O–H groups in total. The molecule has 1 saturated carbocycles. The van der Waals surface area contributed by atoms with Crippen molar-refractivity contribution in [2.45, 2.75) is 76.6 Å². The molecule has 4 nitrogen and oxygen atoms in total. The Kier molecular flexibility index (Phi) is 7.33. The Balaban J connectivity index is 1.37. The zero-order valence-electron chi connectivity index (χ0n) is 21.0. The van der Waals surface area contributed by atoms with E-state index in [1.54, 1.807) is 11.8 Å². The molecule has 0 bridgehead atoms. The lowest BCUT2D eigenvalue weighted by atomic mass is 9.92. The van der Waals surface area contributed by atoms with Crippen LogP contribution in [0.15, 0.2) is 47.4 Å². The van der Waals surface area contributed by atoms with Crippen molar-refractivity contribution in [3.8, 4) is 0 Å². The van der Waals surface area contributed by atoms with Crippen LogP contribution in [0.4, 0.5) is 0 Å². The third-order valence-electron chi connectivity index (χ3n) is 7.76. The Morgan fingerprint density at radius 3 is 2.49 bits per heavy atom. The van der Waals surface area contributed by atoms with Crippen molar-refractivity contribution < 1.29 is 9.59 Å². The minimum atomic E-state index is 0.122. The largest absolute Gasteiger partial charge is 0.339 e. The summed E-state index contributed by atoms with van der Waals surface area (Å²) in [5.41, 5.74) is 5.44. The first-order chi connectivity index (χ1) is 17.0. The molecule has 0 aromatic heterocycles. The molecular formula is C30H36N2O2S. The highest BCUT2D eigenvalue weighted by Crippen LogP contribution is 2.43. The first-order valence-corrected chi connectivity index (χ1v) is 14.0. The molecule has 2 saturated heterocycles. The highest BCUT2D eigenvalue weighted by molar-refractivity contribution is 8.04. The summed E-state index contributed by atoms with van der Waals surface area (Å²) >= 11 is 1.77. The molecule has 0 spiro atoms. The van der Waals surface area contributed by atoms with Crippen LogP contribution in [-0.4, -0.2) is 46.0 Å². The van der Waals surface area contributed by atoms with Gasteiger partial charge in [-0.15, -0.1) is 11.8 Å². The summed E-state index contributed by atoms with van der Waals surface area (Å²) in [5, 5.41) is 0.456. The zero-order valence-corrected chi connectivity index (χ0v) is 21.8. The molecule has 184 valence electrons. The molecule has 3 aliphatic rings. The third-order valence-corrected chi connectivity index (χ3v) is 9.16. The number of hydrogen-bond acceptors (Lipinski definition) is 3. The third kappa shape index (κ3) is 5.35. The highest BCUT2D eigenvalue weighted by atomic mass is 32.2. The highest BCUT2D eigenvalue weighted by Gasteiger charge is 2.40. The van der Waals surface area contributed by atoms with Crippen LogP contribution in [0.3, 0.4) is 0 Å². The van der Waals surface area contributed by atoms with Gasteiger partial charge in [-0.25, -0.2) is 0 Å². The smallest absolute Gasteiger partial charge is 0.260 e. The van der Waals surface area contributed by atoms with E-state index in [1.807, 2.05) is 35.2 Å². The van der Waals surface area contributed by atoms with E-state index < -0.39 is 0 Å². The molecule has 2 aliphatic heterocycles. The Hall–Kier alpha value is -2.53. The average molecular weight is 489 g/mol. The van der Waals surface area contributed by atoms with Gasteiger partial charge in [-0.1, -0.05) is 48.7 Å². The van der Waals surface area contributed by atoms with Gasteiger partial charge in [0, 0.05) is 36.5 Å². The van der Waals surface area contributed by atoms with Crippen molar-refractivity contribution >= 4 is 29.7 Å². The van der Waals surface area contributed by atoms with Crippen LogP contribution in [0.5, 0.6) is 0 Å². The van der Waals surface area contributed by atoms with Crippen LogP contribution >= 0.6 is 11.8 Å². The molecule has 35 heavy (non-hydrogen) atoms. The van der Waals surface area contributed by atoms with Gasteiger partial charge in [-0.05, 0) is 80.9 Å². The first kappa shape index (κ1) is 24.2. The lowest BCUT2D eigenvalue weighted by Crippen LogP contribution is -2.50. The Bertz CT molecular complexity index is 1120. The molecule has 2 unspecified atom stereocenters. The lowest BCUT2D eigenvalue weighted by molar-refractivity contribution is -0.130. The summed E-state index contributed by atoms with van der Waals surface area (Å²) in [4.78, 5) is 31.5. The molecule has 2 atom stereocenters. The fraction of sp³-hybridized carbons (Fsp3) is 0.467. The van der Waals surface area contributed by atoms with Gasteiger partial charge in [0.25, 0.3) is 11.8 Å². The summed E-state index contributed by atoms with van der Waals surface area (Å²) in [6, 6.07) is 14.6. The molecule has 3 fully saturated rings. The number of hydrogen-bond donors (Lipinski definition) is 0. The van der Waals surface area contributed by atoms with Crippen LogP contribution in [0, 0.1) is 13.8 Å². The van der Waals surface area contributed by atoms with Gasteiger partial charge in [0.2, 0.25) is 0 Å². The van der Waals surface area contributed by atoms with Crippen molar-refractivity contribution in [1.29, 1.82) is 0 Å². The van der Waals surface area contributed by atoms with E-state index in [9.17, 15) is 9.59 Å². The number of amides is 2. The predicted molar refractivity (Wildman–Crippen MR) is 144 cm³/mol. The van der Waals surface area contributed by atoms with Gasteiger partial charge in [0.1, 0.15) is 0 Å². The van der Waals surface area contributed by atoms with E-state index in [-0.39, 0.29) is 11.8 Å². The quantitative estimate of drug-likeness (QED) is 0.470. The number of fused-ring (bicyclic) bond motifs is 1. The van der Waals surface area contributed by atoms with E-state index >= 15 is 0 Å². The van der Waals surface area contributed by atoms with Crippen LogP contribution in [0.25, 0.3) is 6.08 Å². The minimum absolute atomic E-state index is 0.122. The summed E-state index contributed by atoms with van der Waals surface area (Å²) in [6.45, 7) is 6.64. The van der Waals surface area contributed by atoms with Crippen molar-refractivity contribution in [3.05, 3.63) is 75.2 Å². The van der Waals surface area contributed by atoms with Gasteiger partial charge in [0.15, 0.2) is 0 Å². The van der Waals surface area contributed by atoms with E-state index in [2.05, 4.69) is 36.9 Å². The van der Waals surface area contributed by atoms with Crippen LogP contribution < -0.4 is 0 Å². The Morgan fingerprint density at radius 1 is 0.971 bits per heavy atom. The average Bonchev–Trinajstić information content (AvgIpc) is 2.89. The predicted octanol–water partition coefficient (Wildman–Crippen LogP) is 6.36. The second-order valence-electron chi connectivity index (χ2n) is 10.4. The van der Waals surface area contributed by atoms with Crippen molar-refractivity contribution in [1.82, 2.24) is 9.80 Å². The lowest BCUT2D eigenvalue weighted by Gasteiger charge is -2.44. The zero-order chi connectivity index (χ0) is 24.4. The monoisotopic (exact) mass is 488 g/mol. The molecule has 2 aromatic carbocycles. The fourth-order valence-electron chi connectivity index (χ4n) is 5.67. The number of aryl methyl sites for hydroxylation is 2. The van der Waals surface area contributed by atoms with Crippen molar-refractivity contribution in [3.63, 3.8) is 0 Å². The number of thioether (sulfide) groups is 1. The minimum Gasteiger partial charge on any atom is -0.339 e. The molecule has 0 radical (unpaired) electrons. The Morgan fingerprint density at radius 2 is 1.71 bits per heavy atom. The molecule has 2 heterocycles. The maximum absolute atomic E-state index is 13.7. The van der Waals surface area contributed by atoms with Gasteiger partial charge in [0.05, 0.1) is 4.91 Å². The van der Waals surface area contributed by atoms with E-state index in [1.165, 1.54) is 36.0 Å². The van der Waals surface area contributed by atoms with Gasteiger partial charge in [-0.2, -0.15) is 0 Å². The number of rotatable bonds is 4. The topological polar surface area (TPSA) is 40.6 Å². The number of nitrogens with zero attached hydrogens (tertiary/aromatic N) is 2. The van der Waals surface area contributed by atoms with Crippen LogP contribution in [0.2, 0.25) is 0 Å². The van der Waals surface area contributed by atoms with Crippen LogP contribution in [0.1, 0.15) is 77.6 Å². The summed E-state index contributed by atoms with van der Waals surface area (Å²) in [6.07, 6.45) is 10.1. The Labute approximate surface area is 213 Å². The maximum atomic E-state index is 13.7. The van der Waals surface area contributed by atoms with E-state index in [0.717, 1.165) is 54.8 Å². The van der Waals surface area contributed by atoms with Gasteiger partial charge in [-0.3, -0.25) is 9.59 Å². The first-order valence-electron chi connectivity index (χ1n) is 13.1.